The molecular weight excluding hydrogens is 508 g/mol. The highest BCUT2D eigenvalue weighted by molar-refractivity contribution is 7.89. The number of anilines is 2. The summed E-state index contributed by atoms with van der Waals surface area (Å²) in [5.41, 5.74) is 11.1. The zero-order valence-electron chi connectivity index (χ0n) is 20.3. The first-order valence-corrected chi connectivity index (χ1v) is 13.1. The van der Waals surface area contributed by atoms with E-state index in [0.29, 0.717) is 36.3 Å². The maximum absolute atomic E-state index is 12.5. The number of hydrogen-bond acceptors (Lipinski definition) is 9. The molecule has 1 heterocycles. The Morgan fingerprint density at radius 3 is 2.47 bits per heavy atom. The van der Waals surface area contributed by atoms with Gasteiger partial charge >= 0.3 is 0 Å². The third-order valence-electron chi connectivity index (χ3n) is 5.22. The van der Waals surface area contributed by atoms with Crippen LogP contribution in [0.2, 0.25) is 5.15 Å². The fraction of sp³-hybridized carbons (Fsp3) is 0.455. The summed E-state index contributed by atoms with van der Waals surface area (Å²) in [6, 6.07) is 8.04. The van der Waals surface area contributed by atoms with Crippen LogP contribution in [0.3, 0.4) is 0 Å². The van der Waals surface area contributed by atoms with E-state index in [4.69, 9.17) is 33.1 Å². The predicted molar refractivity (Wildman–Crippen MR) is 137 cm³/mol. The molecule has 196 valence electrons. The van der Waals surface area contributed by atoms with Gasteiger partial charge in [-0.1, -0.05) is 11.6 Å². The van der Waals surface area contributed by atoms with Crippen molar-refractivity contribution in [1.82, 2.24) is 20.0 Å². The molecule has 0 saturated carbocycles. The number of nitrogens with zero attached hydrogens (tertiary/aromatic N) is 4. The van der Waals surface area contributed by atoms with E-state index >= 15 is 0 Å². The fourth-order valence-electron chi connectivity index (χ4n) is 3.16. The molecule has 0 unspecified atom stereocenters. The lowest BCUT2D eigenvalue weighted by Gasteiger charge is -2.30. The Kier molecular flexibility index (Phi) is 10.7. The molecule has 0 spiro atoms. The summed E-state index contributed by atoms with van der Waals surface area (Å²) in [6.07, 6.45) is 1.69. The number of likely N-dealkylation sites (N-methyl/N-ethyl adjacent to an activating group) is 1. The van der Waals surface area contributed by atoms with Crippen molar-refractivity contribution in [1.29, 1.82) is 5.26 Å². The van der Waals surface area contributed by atoms with Crippen molar-refractivity contribution in [3.63, 3.8) is 0 Å². The van der Waals surface area contributed by atoms with Crippen LogP contribution in [-0.4, -0.2) is 75.7 Å². The van der Waals surface area contributed by atoms with Crippen LogP contribution in [0.4, 0.5) is 11.6 Å². The van der Waals surface area contributed by atoms with Crippen LogP contribution in [-0.2, 0) is 10.0 Å². The molecule has 0 saturated heterocycles. The molecular formula is C22H32ClN8O4S+. The molecule has 0 aliphatic rings. The van der Waals surface area contributed by atoms with Crippen molar-refractivity contribution < 1.29 is 22.4 Å². The average Bonchev–Trinajstić information content (AvgIpc) is 2.81. The fourth-order valence-corrected chi connectivity index (χ4v) is 4.36. The molecule has 1 aromatic heterocycles. The van der Waals surface area contributed by atoms with Crippen LogP contribution in [0.5, 0.6) is 5.75 Å². The number of quaternary nitrogens is 1. The third kappa shape index (κ3) is 9.12. The second kappa shape index (κ2) is 13.2. The Morgan fingerprint density at radius 2 is 1.81 bits per heavy atom. The molecule has 1 amide bonds. The van der Waals surface area contributed by atoms with Gasteiger partial charge < -0.3 is 26.0 Å². The van der Waals surface area contributed by atoms with Gasteiger partial charge in [-0.2, -0.15) is 5.26 Å². The number of hydrogen-bond donors (Lipinski definition) is 4. The van der Waals surface area contributed by atoms with Crippen LogP contribution in [0, 0.1) is 11.3 Å². The molecule has 1 aromatic carbocycles. The average molecular weight is 540 g/mol. The Labute approximate surface area is 216 Å². The minimum absolute atomic E-state index is 0.0402. The lowest BCUT2D eigenvalue weighted by molar-refractivity contribution is -0.889. The summed E-state index contributed by atoms with van der Waals surface area (Å²) in [7, 11) is 0.411. The number of amides is 1. The van der Waals surface area contributed by atoms with Crippen molar-refractivity contribution in [2.24, 2.45) is 0 Å². The van der Waals surface area contributed by atoms with Gasteiger partial charge in [0.1, 0.15) is 12.4 Å². The van der Waals surface area contributed by atoms with E-state index in [1.165, 1.54) is 12.1 Å². The summed E-state index contributed by atoms with van der Waals surface area (Å²) < 4.78 is 33.5. The zero-order chi connectivity index (χ0) is 26.8. The van der Waals surface area contributed by atoms with E-state index in [1.54, 1.807) is 12.1 Å². The Hall–Kier alpha value is -3.18. The van der Waals surface area contributed by atoms with Crippen LogP contribution in [0.1, 0.15) is 29.8 Å². The summed E-state index contributed by atoms with van der Waals surface area (Å²) in [5.74, 6) is -0.112. The van der Waals surface area contributed by atoms with Gasteiger partial charge in [0.25, 0.3) is 5.91 Å². The number of ether oxygens (including phenoxy) is 1. The van der Waals surface area contributed by atoms with Gasteiger partial charge in [-0.05, 0) is 37.1 Å². The molecule has 0 radical (unpaired) electrons. The normalized spacial score (nSPS) is 11.6. The van der Waals surface area contributed by atoms with Crippen LogP contribution < -0.4 is 26.2 Å². The lowest BCUT2D eigenvalue weighted by Crippen LogP contribution is -2.46. The van der Waals surface area contributed by atoms with Crippen LogP contribution in [0.15, 0.2) is 29.2 Å². The highest BCUT2D eigenvalue weighted by Gasteiger charge is 2.19. The van der Waals surface area contributed by atoms with E-state index in [1.807, 2.05) is 20.2 Å². The summed E-state index contributed by atoms with van der Waals surface area (Å²) in [4.78, 5) is 20.1. The molecule has 0 atom stereocenters. The topological polar surface area (TPSA) is 186 Å². The monoisotopic (exact) mass is 539 g/mol. The van der Waals surface area contributed by atoms with Gasteiger partial charge in [-0.15, -0.1) is 0 Å². The highest BCUT2D eigenvalue weighted by Crippen LogP contribution is 2.18. The SMILES string of the molecule is C[N+](C)(CCCCNS(=O)(=O)c1ccc(OCCC#N)cc1)CCNC(=O)c1nc(Cl)c(N)nc1N. The highest BCUT2D eigenvalue weighted by atomic mass is 35.5. The number of nitrogen functional groups attached to an aromatic ring is 2. The maximum Gasteiger partial charge on any atom is 0.273 e. The molecule has 2 rings (SSSR count). The molecule has 0 aliphatic heterocycles. The number of carbonyl (C=O) groups is 1. The Bertz CT molecular complexity index is 1180. The van der Waals surface area contributed by atoms with E-state index in [2.05, 4.69) is 20.0 Å². The van der Waals surface area contributed by atoms with Gasteiger partial charge in [0, 0.05) is 6.54 Å². The van der Waals surface area contributed by atoms with E-state index in [9.17, 15) is 13.2 Å². The first-order chi connectivity index (χ1) is 16.9. The number of benzene rings is 1. The molecule has 14 heteroatoms. The predicted octanol–water partition coefficient (Wildman–Crippen LogP) is 1.15. The Balaban J connectivity index is 1.71. The quantitative estimate of drug-likeness (QED) is 0.202. The molecule has 0 fully saturated rings. The van der Waals surface area contributed by atoms with Gasteiger partial charge in [-0.3, -0.25) is 4.79 Å². The van der Waals surface area contributed by atoms with Crippen molar-refractivity contribution in [3.8, 4) is 11.8 Å². The minimum atomic E-state index is -3.63. The number of sulfonamides is 1. The first-order valence-electron chi connectivity index (χ1n) is 11.2. The summed E-state index contributed by atoms with van der Waals surface area (Å²) >= 11 is 5.82. The van der Waals surface area contributed by atoms with Gasteiger partial charge in [0.15, 0.2) is 22.5 Å². The summed E-state index contributed by atoms with van der Waals surface area (Å²) in [5, 5.41) is 11.2. The molecule has 0 bridgehead atoms. The second-order valence-corrected chi connectivity index (χ2v) is 10.7. The molecule has 36 heavy (non-hydrogen) atoms. The number of carbonyl (C=O) groups excluding carboxylic acids is 1. The first kappa shape index (κ1) is 29.1. The third-order valence-corrected chi connectivity index (χ3v) is 6.98. The molecule has 6 N–H and O–H groups in total. The number of halogens is 1. The number of nitrogens with one attached hydrogen (secondary N) is 2. The van der Waals surface area contributed by atoms with E-state index < -0.39 is 15.9 Å². The number of nitriles is 1. The van der Waals surface area contributed by atoms with Gasteiger partial charge in [0.2, 0.25) is 10.0 Å². The van der Waals surface area contributed by atoms with Crippen molar-refractivity contribution in [2.75, 3.05) is 58.3 Å². The smallest absolute Gasteiger partial charge is 0.273 e. The van der Waals surface area contributed by atoms with E-state index in [0.717, 1.165) is 13.0 Å². The zero-order valence-corrected chi connectivity index (χ0v) is 21.9. The molecule has 0 aliphatic carbocycles. The minimum Gasteiger partial charge on any atom is -0.493 e. The van der Waals surface area contributed by atoms with Gasteiger partial charge in [0.05, 0.1) is 51.1 Å². The van der Waals surface area contributed by atoms with Crippen molar-refractivity contribution in [2.45, 2.75) is 24.2 Å². The van der Waals surface area contributed by atoms with Crippen molar-refractivity contribution in [3.05, 3.63) is 35.1 Å². The van der Waals surface area contributed by atoms with Gasteiger partial charge in [-0.25, -0.2) is 23.1 Å². The second-order valence-electron chi connectivity index (χ2n) is 8.61. The maximum atomic E-state index is 12.5. The standard InChI is InChI=1S/C22H31ClN8O4S/c1-31(2,14-12-27-22(32)18-20(25)30-21(26)19(23)29-18)13-4-3-11-28-36(33,34)17-8-6-16(7-9-17)35-15-5-10-24/h6-9,28H,3-5,11-15H2,1-2H3,(H4-,25,26,27,30,32)/p+1. The lowest BCUT2D eigenvalue weighted by atomic mass is 10.2. The largest absolute Gasteiger partial charge is 0.493 e. The van der Waals surface area contributed by atoms with Crippen LogP contribution in [0.25, 0.3) is 0 Å². The van der Waals surface area contributed by atoms with E-state index in [-0.39, 0.29) is 40.4 Å². The number of aromatic nitrogens is 2. The van der Waals surface area contributed by atoms with Crippen LogP contribution >= 0.6 is 11.6 Å². The molecule has 12 nitrogen and oxygen atoms in total. The number of nitrogens with two attached hydrogens (primary N) is 2. The number of unbranched alkanes of at least 4 members (excludes halogenated alkanes) is 1. The molecule has 2 aromatic rings. The Morgan fingerprint density at radius 1 is 1.11 bits per heavy atom. The number of rotatable bonds is 14. The van der Waals surface area contributed by atoms with Crippen molar-refractivity contribution >= 4 is 39.2 Å². The summed E-state index contributed by atoms with van der Waals surface area (Å²) in [6.45, 7) is 2.34.